The molecule has 0 unspecified atom stereocenters. The molecule has 146 valence electrons. The average molecular weight is 380 g/mol. The van der Waals surface area contributed by atoms with Crippen LogP contribution in [0.25, 0.3) is 0 Å². The third-order valence-corrected chi connectivity index (χ3v) is 4.67. The molecule has 10 nitrogen and oxygen atoms in total. The highest BCUT2D eigenvalue weighted by Gasteiger charge is 2.44. The Morgan fingerprint density at radius 1 is 1.07 bits per heavy atom. The van der Waals surface area contributed by atoms with E-state index in [1.165, 1.54) is 12.1 Å². The maximum absolute atomic E-state index is 12.2. The Kier molecular flexibility index (Phi) is 5.53. The van der Waals surface area contributed by atoms with E-state index < -0.39 is 55.0 Å². The zero-order valence-electron chi connectivity index (χ0n) is 14.2. The molecule has 2 aliphatic rings. The molecule has 2 aliphatic heterocycles. The predicted octanol–water partition coefficient (Wildman–Crippen LogP) is -2.41. The van der Waals surface area contributed by atoms with Crippen LogP contribution in [0.2, 0.25) is 0 Å². The molecule has 5 atom stereocenters. The number of nitrogens with zero attached hydrogens (tertiary/aromatic N) is 1. The van der Waals surface area contributed by atoms with Gasteiger partial charge in [0.2, 0.25) is 5.91 Å². The number of imide groups is 1. The fraction of sp³-hybridized carbons (Fsp3) is 0.471. The molecule has 1 saturated heterocycles. The SMILES string of the molecule is O=C(CCN1C(=O)c2ccccc2C1=O)N[C@@H]1[C@@H](O)[C@H](O)[C@@H](CO)O[C@@H]1O. The minimum Gasteiger partial charge on any atom is -0.394 e. The van der Waals surface area contributed by atoms with Crippen molar-refractivity contribution in [1.82, 2.24) is 10.2 Å². The number of benzene rings is 1. The van der Waals surface area contributed by atoms with Crippen molar-refractivity contribution in [1.29, 1.82) is 0 Å². The highest BCUT2D eigenvalue weighted by molar-refractivity contribution is 6.21. The fourth-order valence-electron chi connectivity index (χ4n) is 3.17. The lowest BCUT2D eigenvalue weighted by molar-refractivity contribution is -0.253. The number of hydrogen-bond acceptors (Lipinski definition) is 8. The summed E-state index contributed by atoms with van der Waals surface area (Å²) in [5.74, 6) is -1.65. The number of aliphatic hydroxyl groups excluding tert-OH is 4. The number of nitrogens with one attached hydrogen (secondary N) is 1. The minimum atomic E-state index is -1.64. The molecule has 2 heterocycles. The average Bonchev–Trinajstić information content (AvgIpc) is 2.91. The topological polar surface area (TPSA) is 157 Å². The van der Waals surface area contributed by atoms with Gasteiger partial charge >= 0.3 is 0 Å². The number of fused-ring (bicyclic) bond motifs is 1. The maximum atomic E-state index is 12.2. The van der Waals surface area contributed by atoms with Crippen LogP contribution in [0.3, 0.4) is 0 Å². The molecular formula is C17H20N2O8. The molecule has 0 aliphatic carbocycles. The summed E-state index contributed by atoms with van der Waals surface area (Å²) in [5.41, 5.74) is 0.542. The van der Waals surface area contributed by atoms with E-state index in [1.54, 1.807) is 12.1 Å². The van der Waals surface area contributed by atoms with Gasteiger partial charge in [-0.15, -0.1) is 0 Å². The predicted molar refractivity (Wildman–Crippen MR) is 88.3 cm³/mol. The van der Waals surface area contributed by atoms with E-state index in [9.17, 15) is 29.7 Å². The van der Waals surface area contributed by atoms with Crippen LogP contribution < -0.4 is 5.32 Å². The standard InChI is InChI=1S/C17H20N2O8/c20-7-10-13(22)14(23)12(17(26)27-10)18-11(21)5-6-19-15(24)8-3-1-2-4-9(8)16(19)25/h1-4,10,12-14,17,20,22-23,26H,5-7H2,(H,18,21)/t10-,12-,13-,14-,17+/m1/s1. The Labute approximate surface area is 154 Å². The number of ether oxygens (including phenoxy) is 1. The number of aliphatic hydroxyl groups is 4. The van der Waals surface area contributed by atoms with E-state index in [4.69, 9.17) is 9.84 Å². The van der Waals surface area contributed by atoms with Crippen molar-refractivity contribution in [2.75, 3.05) is 13.2 Å². The number of amides is 3. The maximum Gasteiger partial charge on any atom is 0.261 e. The third-order valence-electron chi connectivity index (χ3n) is 4.67. The van der Waals surface area contributed by atoms with Gasteiger partial charge in [0.15, 0.2) is 6.29 Å². The van der Waals surface area contributed by atoms with Gasteiger partial charge in [0.25, 0.3) is 11.8 Å². The quantitative estimate of drug-likeness (QED) is 0.354. The summed E-state index contributed by atoms with van der Waals surface area (Å²) in [7, 11) is 0. The van der Waals surface area contributed by atoms with Crippen molar-refractivity contribution in [2.24, 2.45) is 0 Å². The van der Waals surface area contributed by atoms with Crippen LogP contribution in [0.1, 0.15) is 27.1 Å². The van der Waals surface area contributed by atoms with Crippen LogP contribution in [0.5, 0.6) is 0 Å². The van der Waals surface area contributed by atoms with Crippen LogP contribution in [0, 0.1) is 0 Å². The molecule has 0 spiro atoms. The zero-order valence-corrected chi connectivity index (χ0v) is 14.2. The first-order valence-corrected chi connectivity index (χ1v) is 8.40. The smallest absolute Gasteiger partial charge is 0.261 e. The van der Waals surface area contributed by atoms with Gasteiger partial charge in [-0.2, -0.15) is 0 Å². The monoisotopic (exact) mass is 380 g/mol. The van der Waals surface area contributed by atoms with Crippen LogP contribution in [-0.2, 0) is 9.53 Å². The van der Waals surface area contributed by atoms with E-state index in [0.29, 0.717) is 0 Å². The van der Waals surface area contributed by atoms with Gasteiger partial charge in [-0.3, -0.25) is 19.3 Å². The summed E-state index contributed by atoms with van der Waals surface area (Å²) >= 11 is 0. The molecule has 0 saturated carbocycles. The van der Waals surface area contributed by atoms with Gasteiger partial charge in [-0.05, 0) is 12.1 Å². The Bertz CT molecular complexity index is 719. The zero-order chi connectivity index (χ0) is 19.7. The molecule has 10 heteroatoms. The minimum absolute atomic E-state index is 0.181. The summed E-state index contributed by atoms with van der Waals surface area (Å²) in [6.45, 7) is -0.796. The van der Waals surface area contributed by atoms with Crippen molar-refractivity contribution in [3.8, 4) is 0 Å². The first-order chi connectivity index (χ1) is 12.8. The summed E-state index contributed by atoms with van der Waals surface area (Å²) in [4.78, 5) is 37.6. The Balaban J connectivity index is 1.58. The number of hydrogen-bond donors (Lipinski definition) is 5. The lowest BCUT2D eigenvalue weighted by atomic mass is 9.97. The number of carbonyl (C=O) groups excluding carboxylic acids is 3. The normalized spacial score (nSPS) is 30.4. The van der Waals surface area contributed by atoms with Crippen molar-refractivity contribution >= 4 is 17.7 Å². The summed E-state index contributed by atoms with van der Waals surface area (Å²) in [5, 5.41) is 41.0. The van der Waals surface area contributed by atoms with Crippen LogP contribution in [0.4, 0.5) is 0 Å². The highest BCUT2D eigenvalue weighted by atomic mass is 16.6. The van der Waals surface area contributed by atoms with Crippen molar-refractivity contribution < 1.29 is 39.5 Å². The molecule has 0 bridgehead atoms. The van der Waals surface area contributed by atoms with E-state index in [-0.39, 0.29) is 24.1 Å². The highest BCUT2D eigenvalue weighted by Crippen LogP contribution is 2.23. The largest absolute Gasteiger partial charge is 0.394 e. The van der Waals surface area contributed by atoms with E-state index in [0.717, 1.165) is 4.90 Å². The Morgan fingerprint density at radius 2 is 1.67 bits per heavy atom. The van der Waals surface area contributed by atoms with E-state index in [1.807, 2.05) is 0 Å². The van der Waals surface area contributed by atoms with Gasteiger partial charge in [0.05, 0.1) is 17.7 Å². The second kappa shape index (κ2) is 7.71. The molecule has 1 aromatic carbocycles. The van der Waals surface area contributed by atoms with Gasteiger partial charge < -0.3 is 30.5 Å². The first kappa shape index (κ1) is 19.4. The molecule has 1 fully saturated rings. The van der Waals surface area contributed by atoms with Crippen molar-refractivity contribution in [3.05, 3.63) is 35.4 Å². The summed E-state index contributed by atoms with van der Waals surface area (Å²) in [6, 6.07) is 5.01. The number of rotatable bonds is 5. The molecule has 0 radical (unpaired) electrons. The first-order valence-electron chi connectivity index (χ1n) is 8.40. The molecule has 5 N–H and O–H groups in total. The fourth-order valence-corrected chi connectivity index (χ4v) is 3.17. The molecule has 27 heavy (non-hydrogen) atoms. The van der Waals surface area contributed by atoms with Gasteiger partial charge in [0.1, 0.15) is 24.4 Å². The van der Waals surface area contributed by atoms with Crippen LogP contribution in [0.15, 0.2) is 24.3 Å². The van der Waals surface area contributed by atoms with Gasteiger partial charge in [-0.25, -0.2) is 0 Å². The Hall–Kier alpha value is -2.37. The number of carbonyl (C=O) groups is 3. The summed E-state index contributed by atoms with van der Waals surface area (Å²) in [6.07, 6.45) is -6.14. The lowest BCUT2D eigenvalue weighted by Crippen LogP contribution is -2.64. The van der Waals surface area contributed by atoms with E-state index >= 15 is 0 Å². The van der Waals surface area contributed by atoms with Crippen LogP contribution in [-0.4, -0.2) is 86.8 Å². The molecule has 1 aromatic rings. The second-order valence-electron chi connectivity index (χ2n) is 6.38. The van der Waals surface area contributed by atoms with Gasteiger partial charge in [-0.1, -0.05) is 12.1 Å². The molecule has 3 amide bonds. The Morgan fingerprint density at radius 3 is 2.22 bits per heavy atom. The van der Waals surface area contributed by atoms with Gasteiger partial charge in [0, 0.05) is 13.0 Å². The second-order valence-corrected chi connectivity index (χ2v) is 6.38. The molecule has 3 rings (SSSR count). The lowest BCUT2D eigenvalue weighted by Gasteiger charge is -2.40. The van der Waals surface area contributed by atoms with E-state index in [2.05, 4.69) is 5.32 Å². The van der Waals surface area contributed by atoms with Crippen molar-refractivity contribution in [2.45, 2.75) is 37.1 Å². The van der Waals surface area contributed by atoms with Crippen molar-refractivity contribution in [3.63, 3.8) is 0 Å². The van der Waals surface area contributed by atoms with Crippen LogP contribution >= 0.6 is 0 Å². The molecular weight excluding hydrogens is 360 g/mol. The summed E-state index contributed by atoms with van der Waals surface area (Å²) < 4.78 is 4.95. The third kappa shape index (κ3) is 3.57. The molecule has 0 aromatic heterocycles.